The predicted molar refractivity (Wildman–Crippen MR) is 125 cm³/mol. The number of carbonyl (C=O) groups is 1. The van der Waals surface area contributed by atoms with E-state index in [0.717, 1.165) is 16.6 Å². The van der Waals surface area contributed by atoms with Gasteiger partial charge in [-0.25, -0.2) is 9.78 Å². The summed E-state index contributed by atoms with van der Waals surface area (Å²) in [6, 6.07) is 14.3. The summed E-state index contributed by atoms with van der Waals surface area (Å²) in [5.74, 6) is 0.763. The van der Waals surface area contributed by atoms with Gasteiger partial charge in [0, 0.05) is 39.4 Å². The number of hydrogen-bond acceptors (Lipinski definition) is 5. The number of aryl methyl sites for hydroxylation is 2. The smallest absolute Gasteiger partial charge is 0.332 e. The maximum absolute atomic E-state index is 13.1. The first-order valence-corrected chi connectivity index (χ1v) is 10.7. The highest BCUT2D eigenvalue weighted by molar-refractivity contribution is 5.97. The molecule has 170 valence electrons. The molecule has 3 aromatic heterocycles. The summed E-state index contributed by atoms with van der Waals surface area (Å²) < 4.78 is 9.94. The fraction of sp³-hybridized carbons (Fsp3) is 0.250. The molecule has 0 aliphatic carbocycles. The van der Waals surface area contributed by atoms with Crippen LogP contribution in [0.25, 0.3) is 11.0 Å². The van der Waals surface area contributed by atoms with E-state index >= 15 is 0 Å². The highest BCUT2D eigenvalue weighted by Gasteiger charge is 2.20. The number of rotatable bonds is 7. The van der Waals surface area contributed by atoms with Gasteiger partial charge in [-0.15, -0.1) is 0 Å². The second-order valence-corrected chi connectivity index (χ2v) is 7.72. The van der Waals surface area contributed by atoms with E-state index in [1.165, 1.54) is 11.6 Å². The molecule has 0 aliphatic heterocycles. The number of benzene rings is 1. The van der Waals surface area contributed by atoms with E-state index < -0.39 is 11.2 Å². The molecule has 4 rings (SSSR count). The van der Waals surface area contributed by atoms with E-state index in [4.69, 9.17) is 4.74 Å². The summed E-state index contributed by atoms with van der Waals surface area (Å²) >= 11 is 0. The van der Waals surface area contributed by atoms with Crippen LogP contribution in [0.5, 0.6) is 11.6 Å². The van der Waals surface area contributed by atoms with Gasteiger partial charge >= 0.3 is 5.69 Å². The Kier molecular flexibility index (Phi) is 6.12. The van der Waals surface area contributed by atoms with Gasteiger partial charge in [0.05, 0.1) is 5.39 Å². The molecule has 9 heteroatoms. The number of pyridine rings is 1. The number of ether oxygens (including phenoxy) is 1. The first-order chi connectivity index (χ1) is 15.9. The van der Waals surface area contributed by atoms with Crippen LogP contribution in [-0.4, -0.2) is 24.6 Å². The highest BCUT2D eigenvalue weighted by atomic mass is 16.5. The molecular weight excluding hydrogens is 422 g/mol. The Balaban J connectivity index is 1.60. The van der Waals surface area contributed by atoms with Crippen molar-refractivity contribution in [2.24, 2.45) is 14.1 Å². The molecular formula is C24H25N5O4. The summed E-state index contributed by atoms with van der Waals surface area (Å²) in [4.78, 5) is 42.3. The van der Waals surface area contributed by atoms with Gasteiger partial charge in [-0.3, -0.25) is 18.7 Å². The van der Waals surface area contributed by atoms with Crippen LogP contribution in [0.1, 0.15) is 29.4 Å². The number of nitrogens with one attached hydrogen (secondary N) is 1. The van der Waals surface area contributed by atoms with Gasteiger partial charge in [0.15, 0.2) is 0 Å². The van der Waals surface area contributed by atoms with Crippen molar-refractivity contribution in [2.45, 2.75) is 26.4 Å². The molecule has 0 unspecified atom stereocenters. The van der Waals surface area contributed by atoms with Crippen LogP contribution in [0.15, 0.2) is 64.3 Å². The SMILES string of the molecule is CCCn1c(C(=O)NCc2cccc(Oc3ccccn3)c2)cc2c(=O)n(C)c(=O)n(C)c21. The minimum atomic E-state index is -0.431. The first kappa shape index (κ1) is 22.1. The third-order valence-corrected chi connectivity index (χ3v) is 5.39. The number of amides is 1. The minimum Gasteiger partial charge on any atom is -0.439 e. The molecule has 1 aromatic carbocycles. The Bertz CT molecular complexity index is 1430. The van der Waals surface area contributed by atoms with Gasteiger partial charge in [0.2, 0.25) is 5.88 Å². The standard InChI is InChI=1S/C24H25N5O4/c1-4-12-29-19(14-18-22(29)27(2)24(32)28(3)23(18)31)21(30)26-15-16-8-7-9-17(13-16)33-20-10-5-6-11-25-20/h5-11,13-14H,4,12,15H2,1-3H3,(H,26,30). The lowest BCUT2D eigenvalue weighted by Crippen LogP contribution is -2.37. The van der Waals surface area contributed by atoms with Crippen molar-refractivity contribution in [3.63, 3.8) is 0 Å². The number of fused-ring (bicyclic) bond motifs is 1. The molecule has 1 amide bonds. The Labute approximate surface area is 189 Å². The second-order valence-electron chi connectivity index (χ2n) is 7.72. The van der Waals surface area contributed by atoms with Gasteiger partial charge in [0.25, 0.3) is 11.5 Å². The van der Waals surface area contributed by atoms with E-state index in [2.05, 4.69) is 10.3 Å². The van der Waals surface area contributed by atoms with Crippen LogP contribution in [0.4, 0.5) is 0 Å². The molecule has 3 heterocycles. The van der Waals surface area contributed by atoms with E-state index in [1.807, 2.05) is 43.3 Å². The normalized spacial score (nSPS) is 11.0. The van der Waals surface area contributed by atoms with Gasteiger partial charge in [-0.2, -0.15) is 0 Å². The first-order valence-electron chi connectivity index (χ1n) is 10.7. The lowest BCUT2D eigenvalue weighted by atomic mass is 10.2. The Morgan fingerprint density at radius 3 is 2.61 bits per heavy atom. The molecule has 0 spiro atoms. The van der Waals surface area contributed by atoms with E-state index in [1.54, 1.807) is 29.9 Å². The summed E-state index contributed by atoms with van der Waals surface area (Å²) in [6.07, 6.45) is 2.39. The molecule has 0 aliphatic rings. The molecule has 0 atom stereocenters. The predicted octanol–water partition coefficient (Wildman–Crippen LogP) is 2.57. The molecule has 0 saturated heterocycles. The fourth-order valence-electron chi connectivity index (χ4n) is 3.80. The molecule has 0 fully saturated rings. The third-order valence-electron chi connectivity index (χ3n) is 5.39. The van der Waals surface area contributed by atoms with Gasteiger partial charge in [0.1, 0.15) is 17.1 Å². The average Bonchev–Trinajstić information content (AvgIpc) is 3.20. The maximum Gasteiger partial charge on any atom is 0.332 e. The Morgan fingerprint density at radius 2 is 1.88 bits per heavy atom. The third kappa shape index (κ3) is 4.30. The van der Waals surface area contributed by atoms with Gasteiger partial charge < -0.3 is 14.6 Å². The van der Waals surface area contributed by atoms with Gasteiger partial charge in [-0.1, -0.05) is 25.1 Å². The quantitative estimate of drug-likeness (QED) is 0.469. The van der Waals surface area contributed by atoms with Crippen molar-refractivity contribution in [1.29, 1.82) is 0 Å². The number of nitrogens with zero attached hydrogens (tertiary/aromatic N) is 4. The highest BCUT2D eigenvalue weighted by Crippen LogP contribution is 2.20. The zero-order chi connectivity index (χ0) is 23.5. The molecule has 4 aromatic rings. The lowest BCUT2D eigenvalue weighted by molar-refractivity contribution is 0.0941. The van der Waals surface area contributed by atoms with Crippen molar-refractivity contribution < 1.29 is 9.53 Å². The van der Waals surface area contributed by atoms with E-state index in [0.29, 0.717) is 34.9 Å². The largest absolute Gasteiger partial charge is 0.439 e. The van der Waals surface area contributed by atoms with Crippen molar-refractivity contribution in [1.82, 2.24) is 24.0 Å². The van der Waals surface area contributed by atoms with Crippen LogP contribution in [0, 0.1) is 0 Å². The number of carbonyl (C=O) groups excluding carboxylic acids is 1. The summed E-state index contributed by atoms with van der Waals surface area (Å²) in [5.41, 5.74) is 0.779. The maximum atomic E-state index is 13.1. The van der Waals surface area contributed by atoms with E-state index in [9.17, 15) is 14.4 Å². The summed E-state index contributed by atoms with van der Waals surface area (Å²) in [7, 11) is 3.03. The minimum absolute atomic E-state index is 0.267. The van der Waals surface area contributed by atoms with Crippen LogP contribution in [0.2, 0.25) is 0 Å². The zero-order valence-corrected chi connectivity index (χ0v) is 18.7. The van der Waals surface area contributed by atoms with Gasteiger partial charge in [-0.05, 0) is 36.2 Å². The second kappa shape index (κ2) is 9.15. The van der Waals surface area contributed by atoms with Crippen LogP contribution < -0.4 is 21.3 Å². The van der Waals surface area contributed by atoms with E-state index in [-0.39, 0.29) is 12.5 Å². The van der Waals surface area contributed by atoms with Crippen LogP contribution in [0.3, 0.4) is 0 Å². The Morgan fingerprint density at radius 1 is 1.06 bits per heavy atom. The number of hydrogen-bond donors (Lipinski definition) is 1. The Hall–Kier alpha value is -4.14. The molecule has 0 radical (unpaired) electrons. The molecule has 1 N–H and O–H groups in total. The fourth-order valence-corrected chi connectivity index (χ4v) is 3.80. The van der Waals surface area contributed by atoms with Crippen molar-refractivity contribution in [2.75, 3.05) is 0 Å². The van der Waals surface area contributed by atoms with Crippen molar-refractivity contribution in [3.8, 4) is 11.6 Å². The molecule has 0 saturated carbocycles. The monoisotopic (exact) mass is 447 g/mol. The molecule has 9 nitrogen and oxygen atoms in total. The van der Waals surface area contributed by atoms with Crippen molar-refractivity contribution >= 4 is 16.9 Å². The molecule has 0 bridgehead atoms. The number of aromatic nitrogens is 4. The van der Waals surface area contributed by atoms with Crippen LogP contribution >= 0.6 is 0 Å². The lowest BCUT2D eigenvalue weighted by Gasteiger charge is -2.12. The topological polar surface area (TPSA) is 100 Å². The molecule has 33 heavy (non-hydrogen) atoms. The summed E-state index contributed by atoms with van der Waals surface area (Å²) in [5, 5.41) is 3.24. The average molecular weight is 447 g/mol. The summed E-state index contributed by atoms with van der Waals surface area (Å²) in [6.45, 7) is 2.74. The van der Waals surface area contributed by atoms with Crippen molar-refractivity contribution in [3.05, 3.63) is 86.8 Å². The van der Waals surface area contributed by atoms with Crippen LogP contribution in [-0.2, 0) is 27.2 Å². The zero-order valence-electron chi connectivity index (χ0n) is 18.7.